The van der Waals surface area contributed by atoms with Gasteiger partial charge in [0.2, 0.25) is 5.76 Å². The SMILES string of the molecule is COC(=O)/C(O)=C/C(=O)N(Cc1ccc(F)cc1)Cc1cccc(F)c1. The van der Waals surface area contributed by atoms with Gasteiger partial charge < -0.3 is 14.7 Å². The molecule has 0 saturated carbocycles. The van der Waals surface area contributed by atoms with E-state index < -0.39 is 29.3 Å². The second kappa shape index (κ2) is 8.75. The second-order valence-electron chi connectivity index (χ2n) is 5.47. The van der Waals surface area contributed by atoms with Crippen molar-refractivity contribution in [3.63, 3.8) is 0 Å². The monoisotopic (exact) mass is 361 g/mol. The van der Waals surface area contributed by atoms with Gasteiger partial charge in [0.25, 0.3) is 5.91 Å². The van der Waals surface area contributed by atoms with E-state index in [2.05, 4.69) is 4.74 Å². The summed E-state index contributed by atoms with van der Waals surface area (Å²) >= 11 is 0. The molecule has 0 fully saturated rings. The highest BCUT2D eigenvalue weighted by molar-refractivity contribution is 5.96. The zero-order valence-corrected chi connectivity index (χ0v) is 14.0. The van der Waals surface area contributed by atoms with Gasteiger partial charge in [0, 0.05) is 13.1 Å². The Balaban J connectivity index is 2.26. The van der Waals surface area contributed by atoms with Crippen molar-refractivity contribution in [1.29, 1.82) is 0 Å². The largest absolute Gasteiger partial charge is 0.502 e. The summed E-state index contributed by atoms with van der Waals surface area (Å²) in [7, 11) is 1.07. The average Bonchev–Trinajstić information content (AvgIpc) is 2.62. The molecule has 7 heteroatoms. The molecule has 2 aromatic carbocycles. The highest BCUT2D eigenvalue weighted by Gasteiger charge is 2.17. The number of methoxy groups -OCH3 is 1. The third-order valence-corrected chi connectivity index (χ3v) is 3.52. The van der Waals surface area contributed by atoms with Gasteiger partial charge in [-0.05, 0) is 35.4 Å². The minimum absolute atomic E-state index is 0.0267. The van der Waals surface area contributed by atoms with E-state index in [-0.39, 0.29) is 13.1 Å². The highest BCUT2D eigenvalue weighted by atomic mass is 19.1. The molecule has 0 aliphatic rings. The molecule has 26 heavy (non-hydrogen) atoms. The number of carbonyl (C=O) groups excluding carboxylic acids is 2. The number of ether oxygens (including phenoxy) is 1. The van der Waals surface area contributed by atoms with Crippen LogP contribution in [0, 0.1) is 11.6 Å². The number of benzene rings is 2. The van der Waals surface area contributed by atoms with E-state index >= 15 is 0 Å². The van der Waals surface area contributed by atoms with Gasteiger partial charge >= 0.3 is 5.97 Å². The van der Waals surface area contributed by atoms with Gasteiger partial charge in [-0.3, -0.25) is 4.79 Å². The quantitative estimate of drug-likeness (QED) is 0.488. The van der Waals surface area contributed by atoms with E-state index in [1.807, 2.05) is 0 Å². The molecular formula is C19H17F2NO4. The Kier molecular flexibility index (Phi) is 6.43. The molecule has 0 unspecified atom stereocenters. The summed E-state index contributed by atoms with van der Waals surface area (Å²) in [4.78, 5) is 25.0. The van der Waals surface area contributed by atoms with E-state index in [1.165, 1.54) is 47.4 Å². The Morgan fingerprint density at radius 3 is 2.31 bits per heavy atom. The van der Waals surface area contributed by atoms with Crippen LogP contribution in [0.4, 0.5) is 8.78 Å². The number of hydrogen-bond acceptors (Lipinski definition) is 4. The smallest absolute Gasteiger partial charge is 0.373 e. The van der Waals surface area contributed by atoms with E-state index in [1.54, 1.807) is 6.07 Å². The number of hydrogen-bond donors (Lipinski definition) is 1. The summed E-state index contributed by atoms with van der Waals surface area (Å²) in [6.45, 7) is 0.0967. The Morgan fingerprint density at radius 2 is 1.69 bits per heavy atom. The molecule has 0 aliphatic heterocycles. The molecule has 1 N–H and O–H groups in total. The van der Waals surface area contributed by atoms with Gasteiger partial charge in [-0.2, -0.15) is 0 Å². The maximum atomic E-state index is 13.4. The maximum absolute atomic E-state index is 13.4. The molecule has 0 atom stereocenters. The summed E-state index contributed by atoms with van der Waals surface area (Å²) in [6.07, 6.45) is 0.731. The van der Waals surface area contributed by atoms with Crippen LogP contribution in [0.15, 0.2) is 60.4 Å². The Labute approximate surface area is 149 Å². The molecule has 0 bridgehead atoms. The fraction of sp³-hybridized carbons (Fsp3) is 0.158. The fourth-order valence-electron chi connectivity index (χ4n) is 2.25. The topological polar surface area (TPSA) is 66.8 Å². The van der Waals surface area contributed by atoms with Crippen molar-refractivity contribution in [3.05, 3.63) is 83.1 Å². The predicted molar refractivity (Wildman–Crippen MR) is 89.8 cm³/mol. The summed E-state index contributed by atoms with van der Waals surface area (Å²) < 4.78 is 30.8. The number of aliphatic hydroxyl groups excluding tert-OH is 1. The molecule has 0 heterocycles. The normalized spacial score (nSPS) is 11.1. The van der Waals surface area contributed by atoms with Gasteiger partial charge in [-0.1, -0.05) is 24.3 Å². The van der Waals surface area contributed by atoms with Crippen LogP contribution in [0.2, 0.25) is 0 Å². The Hall–Kier alpha value is -3.22. The van der Waals surface area contributed by atoms with Crippen molar-refractivity contribution >= 4 is 11.9 Å². The lowest BCUT2D eigenvalue weighted by Gasteiger charge is -2.22. The molecule has 0 aromatic heterocycles. The third-order valence-electron chi connectivity index (χ3n) is 3.52. The van der Waals surface area contributed by atoms with E-state index in [0.29, 0.717) is 11.1 Å². The number of aliphatic hydroxyl groups is 1. The van der Waals surface area contributed by atoms with Crippen LogP contribution in [0.1, 0.15) is 11.1 Å². The van der Waals surface area contributed by atoms with Gasteiger partial charge in [-0.15, -0.1) is 0 Å². The maximum Gasteiger partial charge on any atom is 0.373 e. The molecule has 0 spiro atoms. The molecule has 1 amide bonds. The first-order valence-corrected chi connectivity index (χ1v) is 7.66. The Bertz CT molecular complexity index is 819. The molecule has 0 aliphatic carbocycles. The van der Waals surface area contributed by atoms with Crippen LogP contribution < -0.4 is 0 Å². The predicted octanol–water partition coefficient (Wildman–Crippen LogP) is 3.11. The number of esters is 1. The van der Waals surface area contributed by atoms with Crippen molar-refractivity contribution in [2.24, 2.45) is 0 Å². The minimum Gasteiger partial charge on any atom is -0.502 e. The number of amides is 1. The number of rotatable bonds is 6. The summed E-state index contributed by atoms with van der Waals surface area (Å²) in [5, 5.41) is 9.58. The van der Waals surface area contributed by atoms with Gasteiger partial charge in [-0.25, -0.2) is 13.6 Å². The van der Waals surface area contributed by atoms with Crippen LogP contribution in [-0.2, 0) is 27.4 Å². The summed E-state index contributed by atoms with van der Waals surface area (Å²) in [5.41, 5.74) is 1.15. The molecule has 0 saturated heterocycles. The van der Waals surface area contributed by atoms with Crippen molar-refractivity contribution in [3.8, 4) is 0 Å². The molecule has 5 nitrogen and oxygen atoms in total. The second-order valence-corrected chi connectivity index (χ2v) is 5.47. The molecule has 0 radical (unpaired) electrons. The van der Waals surface area contributed by atoms with Crippen molar-refractivity contribution in [2.45, 2.75) is 13.1 Å². The number of halogens is 2. The first kappa shape index (κ1) is 19.1. The fourth-order valence-corrected chi connectivity index (χ4v) is 2.25. The van der Waals surface area contributed by atoms with E-state index in [0.717, 1.165) is 13.2 Å². The van der Waals surface area contributed by atoms with Crippen molar-refractivity contribution in [2.75, 3.05) is 7.11 Å². The summed E-state index contributed by atoms with van der Waals surface area (Å²) in [6, 6.07) is 11.2. The van der Waals surface area contributed by atoms with Crippen LogP contribution in [0.3, 0.4) is 0 Å². The molecule has 2 aromatic rings. The van der Waals surface area contributed by atoms with Crippen molar-refractivity contribution in [1.82, 2.24) is 4.90 Å². The molecule has 2 rings (SSSR count). The molecule has 136 valence electrons. The zero-order chi connectivity index (χ0) is 19.1. The van der Waals surface area contributed by atoms with Crippen LogP contribution in [-0.4, -0.2) is 29.0 Å². The van der Waals surface area contributed by atoms with Gasteiger partial charge in [0.1, 0.15) is 11.6 Å². The third kappa shape index (κ3) is 5.41. The minimum atomic E-state index is -1.05. The number of nitrogens with zero attached hydrogens (tertiary/aromatic N) is 1. The molecular weight excluding hydrogens is 344 g/mol. The van der Waals surface area contributed by atoms with Crippen LogP contribution >= 0.6 is 0 Å². The van der Waals surface area contributed by atoms with E-state index in [4.69, 9.17) is 0 Å². The zero-order valence-electron chi connectivity index (χ0n) is 14.0. The lowest BCUT2D eigenvalue weighted by atomic mass is 10.1. The highest BCUT2D eigenvalue weighted by Crippen LogP contribution is 2.13. The van der Waals surface area contributed by atoms with E-state index in [9.17, 15) is 23.5 Å². The van der Waals surface area contributed by atoms with Gasteiger partial charge in [0.15, 0.2) is 0 Å². The van der Waals surface area contributed by atoms with Gasteiger partial charge in [0.05, 0.1) is 13.2 Å². The standard InChI is InChI=1S/C19H17F2NO4/c1-26-19(25)17(23)10-18(24)22(11-13-5-7-15(20)8-6-13)12-14-3-2-4-16(21)9-14/h2-10,23H,11-12H2,1H3/b17-10-. The van der Waals surface area contributed by atoms with Crippen LogP contribution in [0.5, 0.6) is 0 Å². The van der Waals surface area contributed by atoms with Crippen molar-refractivity contribution < 1.29 is 28.2 Å². The lowest BCUT2D eigenvalue weighted by molar-refractivity contribution is -0.139. The van der Waals surface area contributed by atoms with Crippen LogP contribution in [0.25, 0.3) is 0 Å². The summed E-state index contributed by atoms with van der Waals surface area (Å²) in [5.74, 6) is -3.45. The first-order chi connectivity index (χ1) is 12.4. The first-order valence-electron chi connectivity index (χ1n) is 7.66. The number of carbonyl (C=O) groups is 2. The Morgan fingerprint density at radius 1 is 1.04 bits per heavy atom. The lowest BCUT2D eigenvalue weighted by Crippen LogP contribution is -2.29. The average molecular weight is 361 g/mol.